The average molecular weight is 413 g/mol. The molecule has 0 saturated carbocycles. The van der Waals surface area contributed by atoms with Gasteiger partial charge in [-0.15, -0.1) is 24.0 Å². The van der Waals surface area contributed by atoms with Gasteiger partial charge in [0, 0.05) is 32.8 Å². The minimum Gasteiger partial charge on any atom is -0.385 e. The van der Waals surface area contributed by atoms with Crippen molar-refractivity contribution in [1.82, 2.24) is 10.6 Å². The van der Waals surface area contributed by atoms with Gasteiger partial charge in [-0.25, -0.2) is 0 Å². The molecule has 0 saturated heterocycles. The van der Waals surface area contributed by atoms with Crippen LogP contribution in [0, 0.1) is 5.92 Å². The zero-order valence-corrected chi connectivity index (χ0v) is 16.9. The molecule has 0 aromatic heterocycles. The summed E-state index contributed by atoms with van der Waals surface area (Å²) in [6.45, 7) is 11.5. The molecule has 0 radical (unpaired) electrons. The van der Waals surface area contributed by atoms with Gasteiger partial charge in [0.05, 0.1) is 0 Å². The van der Waals surface area contributed by atoms with Crippen molar-refractivity contribution < 1.29 is 4.74 Å². The highest BCUT2D eigenvalue weighted by molar-refractivity contribution is 14.0. The van der Waals surface area contributed by atoms with Crippen LogP contribution in [0.1, 0.15) is 59.8 Å². The first kappa shape index (κ1) is 23.2. The Morgan fingerprint density at radius 3 is 2.38 bits per heavy atom. The van der Waals surface area contributed by atoms with Crippen molar-refractivity contribution >= 4 is 29.9 Å². The molecule has 2 N–H and O–H groups in total. The first-order valence-electron chi connectivity index (χ1n) is 8.13. The van der Waals surface area contributed by atoms with Crippen LogP contribution in [0.4, 0.5) is 0 Å². The van der Waals surface area contributed by atoms with Crippen LogP contribution < -0.4 is 10.6 Å². The summed E-state index contributed by atoms with van der Waals surface area (Å²) in [6, 6.07) is 0.476. The summed E-state index contributed by atoms with van der Waals surface area (Å²) >= 11 is 0. The van der Waals surface area contributed by atoms with Crippen molar-refractivity contribution in [2.45, 2.75) is 65.8 Å². The van der Waals surface area contributed by atoms with E-state index in [0.29, 0.717) is 6.04 Å². The van der Waals surface area contributed by atoms with Gasteiger partial charge in [-0.1, -0.05) is 13.8 Å². The summed E-state index contributed by atoms with van der Waals surface area (Å²) in [6.07, 6.45) is 5.88. The fourth-order valence-electron chi connectivity index (χ4n) is 1.93. The zero-order valence-electron chi connectivity index (χ0n) is 14.6. The Kier molecular flexibility index (Phi) is 18.1. The van der Waals surface area contributed by atoms with Gasteiger partial charge in [0.2, 0.25) is 0 Å². The first-order valence-corrected chi connectivity index (χ1v) is 8.13. The summed E-state index contributed by atoms with van der Waals surface area (Å²) in [4.78, 5) is 4.63. The maximum absolute atomic E-state index is 5.05. The third kappa shape index (κ3) is 16.2. The molecule has 1 unspecified atom stereocenters. The van der Waals surface area contributed by atoms with Crippen molar-refractivity contribution in [3.8, 4) is 0 Å². The second-order valence-corrected chi connectivity index (χ2v) is 5.83. The number of halogens is 1. The molecule has 0 bridgehead atoms. The highest BCUT2D eigenvalue weighted by Gasteiger charge is 2.05. The van der Waals surface area contributed by atoms with Crippen LogP contribution in [-0.4, -0.2) is 38.8 Å². The Labute approximate surface area is 148 Å². The van der Waals surface area contributed by atoms with E-state index in [9.17, 15) is 0 Å². The molecule has 21 heavy (non-hydrogen) atoms. The summed E-state index contributed by atoms with van der Waals surface area (Å²) in [7, 11) is 1.75. The number of guanidine groups is 1. The molecular formula is C16H36IN3O. The minimum absolute atomic E-state index is 0. The second kappa shape index (κ2) is 16.3. The Morgan fingerprint density at radius 1 is 1.10 bits per heavy atom. The van der Waals surface area contributed by atoms with Crippen LogP contribution in [0.5, 0.6) is 0 Å². The van der Waals surface area contributed by atoms with E-state index in [1.54, 1.807) is 7.11 Å². The summed E-state index contributed by atoms with van der Waals surface area (Å²) in [5, 5.41) is 6.81. The van der Waals surface area contributed by atoms with E-state index in [1.807, 2.05) is 0 Å². The van der Waals surface area contributed by atoms with E-state index < -0.39 is 0 Å². The molecule has 5 heteroatoms. The summed E-state index contributed by atoms with van der Waals surface area (Å²) in [5.74, 6) is 1.72. The van der Waals surface area contributed by atoms with Gasteiger partial charge < -0.3 is 15.4 Å². The van der Waals surface area contributed by atoms with Gasteiger partial charge in [0.1, 0.15) is 0 Å². The van der Waals surface area contributed by atoms with Crippen LogP contribution in [-0.2, 0) is 4.74 Å². The third-order valence-electron chi connectivity index (χ3n) is 3.18. The Hall–Kier alpha value is -0.0400. The zero-order chi connectivity index (χ0) is 15.2. The number of unbranched alkanes of at least 4 members (excludes halogenated alkanes) is 2. The topological polar surface area (TPSA) is 45.7 Å². The van der Waals surface area contributed by atoms with Crippen LogP contribution >= 0.6 is 24.0 Å². The van der Waals surface area contributed by atoms with Crippen LogP contribution in [0.2, 0.25) is 0 Å². The molecule has 4 nitrogen and oxygen atoms in total. The maximum Gasteiger partial charge on any atom is 0.191 e. The van der Waals surface area contributed by atoms with Gasteiger partial charge >= 0.3 is 0 Å². The lowest BCUT2D eigenvalue weighted by Crippen LogP contribution is -2.42. The lowest BCUT2D eigenvalue weighted by molar-refractivity contribution is 0.192. The number of ether oxygens (including phenoxy) is 1. The monoisotopic (exact) mass is 413 g/mol. The fourth-order valence-corrected chi connectivity index (χ4v) is 1.93. The smallest absolute Gasteiger partial charge is 0.191 e. The number of methoxy groups -OCH3 is 1. The number of rotatable bonds is 11. The van der Waals surface area contributed by atoms with E-state index in [0.717, 1.165) is 44.4 Å². The van der Waals surface area contributed by atoms with E-state index in [4.69, 9.17) is 4.74 Å². The average Bonchev–Trinajstić information content (AvgIpc) is 2.40. The third-order valence-corrected chi connectivity index (χ3v) is 3.18. The highest BCUT2D eigenvalue weighted by atomic mass is 127. The molecule has 0 rings (SSSR count). The van der Waals surface area contributed by atoms with Gasteiger partial charge in [0.25, 0.3) is 0 Å². The predicted octanol–water partition coefficient (Wildman–Crippen LogP) is 3.80. The second-order valence-electron chi connectivity index (χ2n) is 5.83. The van der Waals surface area contributed by atoms with Gasteiger partial charge in [-0.05, 0) is 51.9 Å². The normalized spacial score (nSPS) is 13.0. The highest BCUT2D eigenvalue weighted by Crippen LogP contribution is 2.06. The minimum atomic E-state index is 0. The molecule has 0 aromatic carbocycles. The Balaban J connectivity index is 0. The lowest BCUT2D eigenvalue weighted by atomic mass is 10.0. The van der Waals surface area contributed by atoms with E-state index >= 15 is 0 Å². The van der Waals surface area contributed by atoms with Crippen molar-refractivity contribution in [3.05, 3.63) is 0 Å². The van der Waals surface area contributed by atoms with E-state index in [2.05, 4.69) is 43.3 Å². The molecule has 0 aliphatic heterocycles. The molecular weight excluding hydrogens is 377 g/mol. The van der Waals surface area contributed by atoms with Gasteiger partial charge in [0.15, 0.2) is 5.96 Å². The van der Waals surface area contributed by atoms with Gasteiger partial charge in [-0.2, -0.15) is 0 Å². The lowest BCUT2D eigenvalue weighted by Gasteiger charge is -2.18. The number of aliphatic imine (C=N–C) groups is 1. The Bertz CT molecular complexity index is 248. The number of hydrogen-bond donors (Lipinski definition) is 2. The molecule has 0 aromatic rings. The Morgan fingerprint density at radius 2 is 1.81 bits per heavy atom. The van der Waals surface area contributed by atoms with Crippen molar-refractivity contribution in [2.75, 3.05) is 26.8 Å². The quantitative estimate of drug-likeness (QED) is 0.234. The predicted molar refractivity (Wildman–Crippen MR) is 104 cm³/mol. The fraction of sp³-hybridized carbons (Fsp3) is 0.938. The standard InChI is InChI=1S/C16H35N3O.HI/c1-6-17-16(18-12-8-7-9-13-20-5)19-15(4)11-10-14(2)3;/h14-15H,6-13H2,1-5H3,(H2,17,18,19);1H. The molecule has 128 valence electrons. The molecule has 0 heterocycles. The van der Waals surface area contributed by atoms with Gasteiger partial charge in [-0.3, -0.25) is 4.99 Å². The molecule has 0 amide bonds. The van der Waals surface area contributed by atoms with E-state index in [1.165, 1.54) is 19.3 Å². The molecule has 0 aliphatic carbocycles. The SMILES string of the molecule is CCNC(=NCCCCCOC)NC(C)CCC(C)C.I. The first-order chi connectivity index (χ1) is 9.60. The molecule has 0 fully saturated rings. The van der Waals surface area contributed by atoms with Crippen LogP contribution in [0.25, 0.3) is 0 Å². The number of hydrogen-bond acceptors (Lipinski definition) is 2. The van der Waals surface area contributed by atoms with Crippen molar-refractivity contribution in [3.63, 3.8) is 0 Å². The largest absolute Gasteiger partial charge is 0.385 e. The maximum atomic E-state index is 5.05. The van der Waals surface area contributed by atoms with Crippen molar-refractivity contribution in [1.29, 1.82) is 0 Å². The summed E-state index contributed by atoms with van der Waals surface area (Å²) in [5.41, 5.74) is 0. The van der Waals surface area contributed by atoms with Crippen LogP contribution in [0.15, 0.2) is 4.99 Å². The van der Waals surface area contributed by atoms with Crippen LogP contribution in [0.3, 0.4) is 0 Å². The molecule has 0 aliphatic rings. The molecule has 0 spiro atoms. The number of nitrogens with zero attached hydrogens (tertiary/aromatic N) is 1. The number of nitrogens with one attached hydrogen (secondary N) is 2. The van der Waals surface area contributed by atoms with E-state index in [-0.39, 0.29) is 24.0 Å². The summed E-state index contributed by atoms with van der Waals surface area (Å²) < 4.78 is 5.05. The molecule has 1 atom stereocenters. The van der Waals surface area contributed by atoms with Crippen molar-refractivity contribution in [2.24, 2.45) is 10.9 Å².